The van der Waals surface area contributed by atoms with Crippen LogP contribution in [0.3, 0.4) is 0 Å². The maximum Gasteiger partial charge on any atom is 0.241 e. The van der Waals surface area contributed by atoms with Crippen LogP contribution in [0.2, 0.25) is 0 Å². The Labute approximate surface area is 166 Å². The summed E-state index contributed by atoms with van der Waals surface area (Å²) in [6, 6.07) is 5.47. The second kappa shape index (κ2) is 11.3. The first-order chi connectivity index (χ1) is 11.4. The molecule has 9 heteroatoms. The van der Waals surface area contributed by atoms with Crippen LogP contribution in [0.4, 0.5) is 10.1 Å². The molecule has 0 aromatic heterocycles. The SMILES string of the molecule is CC(CN)C(=O)N1CCN(C(C)C(=O)Nc2cccc(F)c2)CC1.Cl.Cl. The fourth-order valence-electron chi connectivity index (χ4n) is 2.72. The van der Waals surface area contributed by atoms with E-state index in [1.807, 2.05) is 18.7 Å². The van der Waals surface area contributed by atoms with Crippen molar-refractivity contribution >= 4 is 42.3 Å². The van der Waals surface area contributed by atoms with Crippen LogP contribution >= 0.6 is 24.8 Å². The molecule has 1 saturated heterocycles. The lowest BCUT2D eigenvalue weighted by molar-refractivity contribution is -0.137. The van der Waals surface area contributed by atoms with Crippen molar-refractivity contribution in [2.75, 3.05) is 38.0 Å². The fourth-order valence-corrected chi connectivity index (χ4v) is 2.72. The summed E-state index contributed by atoms with van der Waals surface area (Å²) in [5.74, 6) is -0.684. The van der Waals surface area contributed by atoms with Crippen molar-refractivity contribution in [1.29, 1.82) is 0 Å². The molecule has 2 rings (SSSR count). The first-order valence-corrected chi connectivity index (χ1v) is 8.21. The molecule has 26 heavy (non-hydrogen) atoms. The third kappa shape index (κ3) is 6.39. The van der Waals surface area contributed by atoms with Crippen molar-refractivity contribution < 1.29 is 14.0 Å². The van der Waals surface area contributed by atoms with E-state index in [1.165, 1.54) is 12.1 Å². The number of hydrogen-bond donors (Lipinski definition) is 2. The van der Waals surface area contributed by atoms with Crippen LogP contribution in [0, 0.1) is 11.7 Å². The number of anilines is 1. The third-order valence-electron chi connectivity index (χ3n) is 4.42. The first kappa shape index (κ1) is 24.6. The van der Waals surface area contributed by atoms with Gasteiger partial charge in [0, 0.05) is 44.3 Å². The minimum absolute atomic E-state index is 0. The van der Waals surface area contributed by atoms with Crippen molar-refractivity contribution in [2.24, 2.45) is 11.7 Å². The Kier molecular flexibility index (Phi) is 10.7. The van der Waals surface area contributed by atoms with E-state index in [4.69, 9.17) is 5.73 Å². The molecule has 0 radical (unpaired) electrons. The minimum atomic E-state index is -0.387. The highest BCUT2D eigenvalue weighted by atomic mass is 35.5. The Morgan fingerprint density at radius 2 is 1.81 bits per heavy atom. The highest BCUT2D eigenvalue weighted by Gasteiger charge is 2.28. The molecule has 2 unspecified atom stereocenters. The molecule has 1 aliphatic heterocycles. The van der Waals surface area contributed by atoms with E-state index >= 15 is 0 Å². The van der Waals surface area contributed by atoms with Crippen molar-refractivity contribution in [3.63, 3.8) is 0 Å². The largest absolute Gasteiger partial charge is 0.340 e. The molecule has 0 aliphatic carbocycles. The van der Waals surface area contributed by atoms with Gasteiger partial charge in [0.1, 0.15) is 5.82 Å². The van der Waals surface area contributed by atoms with Gasteiger partial charge in [0.05, 0.1) is 6.04 Å². The van der Waals surface area contributed by atoms with Crippen molar-refractivity contribution in [2.45, 2.75) is 19.9 Å². The van der Waals surface area contributed by atoms with E-state index in [9.17, 15) is 14.0 Å². The molecule has 1 heterocycles. The molecule has 0 spiro atoms. The van der Waals surface area contributed by atoms with Crippen molar-refractivity contribution in [3.05, 3.63) is 30.1 Å². The lowest BCUT2D eigenvalue weighted by Gasteiger charge is -2.38. The Hall–Kier alpha value is -1.41. The molecule has 3 N–H and O–H groups in total. The molecule has 148 valence electrons. The van der Waals surface area contributed by atoms with Crippen molar-refractivity contribution in [3.8, 4) is 0 Å². The van der Waals surface area contributed by atoms with E-state index in [2.05, 4.69) is 5.32 Å². The van der Waals surface area contributed by atoms with Crippen LogP contribution in [0.5, 0.6) is 0 Å². The number of nitrogens with one attached hydrogen (secondary N) is 1. The quantitative estimate of drug-likeness (QED) is 0.777. The van der Waals surface area contributed by atoms with E-state index in [-0.39, 0.29) is 54.4 Å². The van der Waals surface area contributed by atoms with Gasteiger partial charge in [-0.05, 0) is 25.1 Å². The molecular formula is C17H27Cl2FN4O2. The summed E-state index contributed by atoms with van der Waals surface area (Å²) in [5, 5.41) is 2.72. The second-order valence-electron chi connectivity index (χ2n) is 6.17. The molecular weight excluding hydrogens is 382 g/mol. The Morgan fingerprint density at radius 1 is 1.19 bits per heavy atom. The average Bonchev–Trinajstić information content (AvgIpc) is 2.59. The second-order valence-corrected chi connectivity index (χ2v) is 6.17. The Bertz CT molecular complexity index is 598. The number of carbonyl (C=O) groups is 2. The molecule has 2 atom stereocenters. The molecule has 6 nitrogen and oxygen atoms in total. The zero-order valence-corrected chi connectivity index (χ0v) is 16.6. The third-order valence-corrected chi connectivity index (χ3v) is 4.42. The summed E-state index contributed by atoms with van der Waals surface area (Å²) in [4.78, 5) is 28.3. The van der Waals surface area contributed by atoms with Gasteiger partial charge in [-0.3, -0.25) is 14.5 Å². The van der Waals surface area contributed by atoms with E-state index in [0.29, 0.717) is 38.4 Å². The molecule has 1 aromatic rings. The number of amides is 2. The van der Waals surface area contributed by atoms with Gasteiger partial charge in [-0.1, -0.05) is 13.0 Å². The first-order valence-electron chi connectivity index (χ1n) is 8.21. The maximum atomic E-state index is 13.2. The van der Waals surface area contributed by atoms with Gasteiger partial charge in [0.15, 0.2) is 0 Å². The van der Waals surface area contributed by atoms with Gasteiger partial charge < -0.3 is 16.0 Å². The normalized spacial score (nSPS) is 16.7. The van der Waals surface area contributed by atoms with Gasteiger partial charge in [0.25, 0.3) is 0 Å². The Balaban J connectivity index is 0.00000312. The van der Waals surface area contributed by atoms with Crippen LogP contribution in [0.25, 0.3) is 0 Å². The minimum Gasteiger partial charge on any atom is -0.340 e. The fraction of sp³-hybridized carbons (Fsp3) is 0.529. The number of halogens is 3. The molecule has 0 bridgehead atoms. The number of piperazine rings is 1. The van der Waals surface area contributed by atoms with Crippen LogP contribution in [0.1, 0.15) is 13.8 Å². The van der Waals surface area contributed by atoms with E-state index in [0.717, 1.165) is 0 Å². The zero-order chi connectivity index (χ0) is 17.7. The monoisotopic (exact) mass is 408 g/mol. The van der Waals surface area contributed by atoms with Crippen molar-refractivity contribution in [1.82, 2.24) is 9.80 Å². The maximum absolute atomic E-state index is 13.2. The predicted octanol–water partition coefficient (Wildman–Crippen LogP) is 1.74. The number of hydrogen-bond acceptors (Lipinski definition) is 4. The predicted molar refractivity (Wildman–Crippen MR) is 105 cm³/mol. The van der Waals surface area contributed by atoms with Gasteiger partial charge >= 0.3 is 0 Å². The molecule has 1 aromatic carbocycles. The number of rotatable bonds is 5. The van der Waals surface area contributed by atoms with Crippen LogP contribution < -0.4 is 11.1 Å². The zero-order valence-electron chi connectivity index (χ0n) is 15.0. The summed E-state index contributed by atoms with van der Waals surface area (Å²) in [5.41, 5.74) is 5.98. The van der Waals surface area contributed by atoms with Gasteiger partial charge in [-0.15, -0.1) is 24.8 Å². The van der Waals surface area contributed by atoms with Crippen LogP contribution in [0.15, 0.2) is 24.3 Å². The standard InChI is InChI=1S/C17H25FN4O2.2ClH/c1-12(11-19)17(24)22-8-6-21(7-9-22)13(2)16(23)20-15-5-3-4-14(18)10-15;;/h3-5,10,12-13H,6-9,11,19H2,1-2H3,(H,20,23);2*1H. The summed E-state index contributed by atoms with van der Waals surface area (Å²) in [6.07, 6.45) is 0. The van der Waals surface area contributed by atoms with E-state index in [1.54, 1.807) is 17.0 Å². The van der Waals surface area contributed by atoms with Gasteiger partial charge in [-0.2, -0.15) is 0 Å². The Morgan fingerprint density at radius 3 is 2.35 bits per heavy atom. The number of nitrogens with zero attached hydrogens (tertiary/aromatic N) is 2. The van der Waals surface area contributed by atoms with Crippen LogP contribution in [-0.2, 0) is 9.59 Å². The number of benzene rings is 1. The number of carbonyl (C=O) groups excluding carboxylic acids is 2. The lowest BCUT2D eigenvalue weighted by Crippen LogP contribution is -2.55. The lowest BCUT2D eigenvalue weighted by atomic mass is 10.1. The highest BCUT2D eigenvalue weighted by molar-refractivity contribution is 5.94. The smallest absolute Gasteiger partial charge is 0.241 e. The number of nitrogens with two attached hydrogens (primary N) is 1. The molecule has 0 saturated carbocycles. The highest BCUT2D eigenvalue weighted by Crippen LogP contribution is 2.13. The van der Waals surface area contributed by atoms with Gasteiger partial charge in [0.2, 0.25) is 11.8 Å². The summed E-state index contributed by atoms with van der Waals surface area (Å²) < 4.78 is 13.2. The average molecular weight is 409 g/mol. The van der Waals surface area contributed by atoms with E-state index < -0.39 is 0 Å². The molecule has 1 aliphatic rings. The molecule has 1 fully saturated rings. The van der Waals surface area contributed by atoms with Crippen LogP contribution in [-0.4, -0.2) is 60.4 Å². The summed E-state index contributed by atoms with van der Waals surface area (Å²) in [7, 11) is 0. The summed E-state index contributed by atoms with van der Waals surface area (Å²) >= 11 is 0. The summed E-state index contributed by atoms with van der Waals surface area (Å²) in [6.45, 7) is 6.40. The molecule has 2 amide bonds. The topological polar surface area (TPSA) is 78.7 Å². The van der Waals surface area contributed by atoms with Gasteiger partial charge in [-0.25, -0.2) is 4.39 Å².